The summed E-state index contributed by atoms with van der Waals surface area (Å²) in [5, 5.41) is 16.1. The monoisotopic (exact) mass is 463 g/mol. The summed E-state index contributed by atoms with van der Waals surface area (Å²) in [6, 6.07) is 19.7. The van der Waals surface area contributed by atoms with Crippen LogP contribution in [0.25, 0.3) is 5.69 Å². The molecular formula is C24H25N5O3S. The number of carbonyl (C=O) groups is 1. The zero-order chi connectivity index (χ0) is 23.0. The predicted octanol–water partition coefficient (Wildman–Crippen LogP) is 4.67. The number of benzene rings is 2. The molecule has 9 heteroatoms. The molecule has 1 N–H and O–H groups in total. The third-order valence-electron chi connectivity index (χ3n) is 4.77. The van der Waals surface area contributed by atoms with E-state index >= 15 is 0 Å². The summed E-state index contributed by atoms with van der Waals surface area (Å²) in [6.45, 7) is 4.35. The summed E-state index contributed by atoms with van der Waals surface area (Å²) in [5.74, 6) is 3.12. The molecule has 0 aliphatic carbocycles. The molecule has 4 aromatic rings. The third kappa shape index (κ3) is 6.01. The van der Waals surface area contributed by atoms with Crippen LogP contribution in [0.15, 0.2) is 70.3 Å². The van der Waals surface area contributed by atoms with Crippen LogP contribution >= 0.6 is 11.8 Å². The van der Waals surface area contributed by atoms with Crippen molar-refractivity contribution in [3.63, 3.8) is 0 Å². The minimum atomic E-state index is -0.132. The Labute approximate surface area is 196 Å². The molecule has 0 fully saturated rings. The fourth-order valence-corrected chi connectivity index (χ4v) is 4.18. The SMILES string of the molecule is CCOc1ccc(-n2c(Cc3ccccc3)nnc2SCCC(=O)Nc2cc(C)on2)cc1. The normalized spacial score (nSPS) is 10.8. The van der Waals surface area contributed by atoms with E-state index in [1.165, 1.54) is 11.8 Å². The van der Waals surface area contributed by atoms with Gasteiger partial charge in [0, 0.05) is 30.3 Å². The van der Waals surface area contributed by atoms with Gasteiger partial charge < -0.3 is 14.6 Å². The van der Waals surface area contributed by atoms with Crippen molar-refractivity contribution in [3.05, 3.63) is 77.8 Å². The van der Waals surface area contributed by atoms with Gasteiger partial charge in [0.25, 0.3) is 0 Å². The lowest BCUT2D eigenvalue weighted by molar-refractivity contribution is -0.115. The first kappa shape index (κ1) is 22.6. The Morgan fingerprint density at radius 2 is 1.91 bits per heavy atom. The average molecular weight is 464 g/mol. The summed E-state index contributed by atoms with van der Waals surface area (Å²) >= 11 is 1.49. The zero-order valence-corrected chi connectivity index (χ0v) is 19.3. The van der Waals surface area contributed by atoms with Crippen LogP contribution in [-0.4, -0.2) is 38.2 Å². The molecule has 0 radical (unpaired) electrons. The number of aryl methyl sites for hydroxylation is 1. The zero-order valence-electron chi connectivity index (χ0n) is 18.5. The fourth-order valence-electron chi connectivity index (χ4n) is 3.27. The maximum absolute atomic E-state index is 12.2. The molecule has 0 unspecified atom stereocenters. The highest BCUT2D eigenvalue weighted by molar-refractivity contribution is 7.99. The van der Waals surface area contributed by atoms with Crippen molar-refractivity contribution in [2.75, 3.05) is 17.7 Å². The highest BCUT2D eigenvalue weighted by atomic mass is 32.2. The third-order valence-corrected chi connectivity index (χ3v) is 5.70. The Balaban J connectivity index is 1.49. The van der Waals surface area contributed by atoms with Gasteiger partial charge in [-0.1, -0.05) is 47.3 Å². The lowest BCUT2D eigenvalue weighted by Crippen LogP contribution is -2.12. The first-order valence-electron chi connectivity index (χ1n) is 10.7. The van der Waals surface area contributed by atoms with Gasteiger partial charge in [-0.05, 0) is 43.7 Å². The molecule has 33 heavy (non-hydrogen) atoms. The van der Waals surface area contributed by atoms with Crippen molar-refractivity contribution in [1.29, 1.82) is 0 Å². The Morgan fingerprint density at radius 1 is 1.12 bits per heavy atom. The lowest BCUT2D eigenvalue weighted by atomic mass is 10.1. The number of anilines is 1. The van der Waals surface area contributed by atoms with Crippen LogP contribution in [0.2, 0.25) is 0 Å². The smallest absolute Gasteiger partial charge is 0.226 e. The van der Waals surface area contributed by atoms with Gasteiger partial charge in [0.05, 0.1) is 6.61 Å². The molecule has 0 aliphatic heterocycles. The van der Waals surface area contributed by atoms with Crippen LogP contribution in [0.5, 0.6) is 5.75 Å². The van der Waals surface area contributed by atoms with Crippen molar-refractivity contribution in [1.82, 2.24) is 19.9 Å². The molecular weight excluding hydrogens is 438 g/mol. The van der Waals surface area contributed by atoms with E-state index in [2.05, 4.69) is 32.8 Å². The van der Waals surface area contributed by atoms with Gasteiger partial charge >= 0.3 is 0 Å². The van der Waals surface area contributed by atoms with E-state index in [0.29, 0.717) is 36.8 Å². The molecule has 0 bridgehead atoms. The first-order valence-corrected chi connectivity index (χ1v) is 11.7. The number of ether oxygens (including phenoxy) is 1. The van der Waals surface area contributed by atoms with Gasteiger partial charge in [-0.3, -0.25) is 9.36 Å². The van der Waals surface area contributed by atoms with Gasteiger partial charge in [-0.15, -0.1) is 10.2 Å². The van der Waals surface area contributed by atoms with E-state index in [1.807, 2.05) is 54.0 Å². The van der Waals surface area contributed by atoms with Crippen LogP contribution in [0.3, 0.4) is 0 Å². The second-order valence-electron chi connectivity index (χ2n) is 7.29. The summed E-state index contributed by atoms with van der Waals surface area (Å²) < 4.78 is 12.6. The number of rotatable bonds is 10. The Bertz CT molecular complexity index is 1190. The summed E-state index contributed by atoms with van der Waals surface area (Å²) in [5.41, 5.74) is 2.09. The van der Waals surface area contributed by atoms with E-state index in [4.69, 9.17) is 9.26 Å². The van der Waals surface area contributed by atoms with Crippen LogP contribution in [0, 0.1) is 6.92 Å². The van der Waals surface area contributed by atoms with E-state index in [9.17, 15) is 4.79 Å². The molecule has 0 spiro atoms. The average Bonchev–Trinajstić information content (AvgIpc) is 3.41. The van der Waals surface area contributed by atoms with E-state index in [1.54, 1.807) is 13.0 Å². The number of aromatic nitrogens is 4. The molecule has 0 aliphatic rings. The van der Waals surface area contributed by atoms with Crippen LogP contribution < -0.4 is 10.1 Å². The van der Waals surface area contributed by atoms with Gasteiger partial charge in [0.15, 0.2) is 11.0 Å². The minimum absolute atomic E-state index is 0.132. The maximum atomic E-state index is 12.2. The van der Waals surface area contributed by atoms with E-state index in [0.717, 1.165) is 28.0 Å². The predicted molar refractivity (Wildman–Crippen MR) is 127 cm³/mol. The number of carbonyl (C=O) groups excluding carboxylic acids is 1. The first-order chi connectivity index (χ1) is 16.1. The molecule has 2 aromatic heterocycles. The lowest BCUT2D eigenvalue weighted by Gasteiger charge is -2.11. The number of nitrogens with one attached hydrogen (secondary N) is 1. The fraction of sp³-hybridized carbons (Fsp3) is 0.250. The highest BCUT2D eigenvalue weighted by Crippen LogP contribution is 2.25. The number of amides is 1. The van der Waals surface area contributed by atoms with Crippen molar-refractivity contribution in [2.24, 2.45) is 0 Å². The maximum Gasteiger partial charge on any atom is 0.226 e. The molecule has 0 atom stereocenters. The van der Waals surface area contributed by atoms with Gasteiger partial charge in [0.1, 0.15) is 17.3 Å². The molecule has 1 amide bonds. The summed E-state index contributed by atoms with van der Waals surface area (Å²) in [6.07, 6.45) is 0.953. The molecule has 2 heterocycles. The topological polar surface area (TPSA) is 95.1 Å². The van der Waals surface area contributed by atoms with Crippen LogP contribution in [0.4, 0.5) is 5.82 Å². The Morgan fingerprint density at radius 3 is 2.61 bits per heavy atom. The van der Waals surface area contributed by atoms with Crippen molar-refractivity contribution >= 4 is 23.5 Å². The van der Waals surface area contributed by atoms with Crippen molar-refractivity contribution in [3.8, 4) is 11.4 Å². The number of hydrogen-bond acceptors (Lipinski definition) is 7. The number of thioether (sulfide) groups is 1. The molecule has 170 valence electrons. The molecule has 8 nitrogen and oxygen atoms in total. The molecule has 4 rings (SSSR count). The van der Waals surface area contributed by atoms with Gasteiger partial charge in [-0.2, -0.15) is 0 Å². The highest BCUT2D eigenvalue weighted by Gasteiger charge is 2.16. The minimum Gasteiger partial charge on any atom is -0.494 e. The summed E-state index contributed by atoms with van der Waals surface area (Å²) in [7, 11) is 0. The quantitative estimate of drug-likeness (QED) is 0.341. The van der Waals surface area contributed by atoms with Crippen LogP contribution in [0.1, 0.15) is 30.5 Å². The largest absolute Gasteiger partial charge is 0.494 e. The Hall–Kier alpha value is -3.59. The van der Waals surface area contributed by atoms with Gasteiger partial charge in [-0.25, -0.2) is 0 Å². The standard InChI is InChI=1S/C24H25N5O3S/c1-3-31-20-11-9-19(10-12-20)29-22(16-18-7-5-4-6-8-18)26-27-24(29)33-14-13-23(30)25-21-15-17(2)32-28-21/h4-12,15H,3,13-14,16H2,1-2H3,(H,25,28,30). The van der Waals surface area contributed by atoms with Gasteiger partial charge in [0.2, 0.25) is 5.91 Å². The molecule has 2 aromatic carbocycles. The van der Waals surface area contributed by atoms with Crippen LogP contribution in [-0.2, 0) is 11.2 Å². The van der Waals surface area contributed by atoms with Crippen molar-refractivity contribution < 1.29 is 14.1 Å². The second-order valence-corrected chi connectivity index (χ2v) is 8.36. The second kappa shape index (κ2) is 10.8. The summed E-state index contributed by atoms with van der Waals surface area (Å²) in [4.78, 5) is 12.2. The Kier molecular flexibility index (Phi) is 7.41. The van der Waals surface area contributed by atoms with Crippen molar-refractivity contribution in [2.45, 2.75) is 31.8 Å². The molecule has 0 saturated heterocycles. The number of hydrogen-bond donors (Lipinski definition) is 1. The molecule has 0 saturated carbocycles. The van der Waals surface area contributed by atoms with E-state index in [-0.39, 0.29) is 5.91 Å². The van der Waals surface area contributed by atoms with E-state index < -0.39 is 0 Å². The number of nitrogens with zero attached hydrogens (tertiary/aromatic N) is 4.